The summed E-state index contributed by atoms with van der Waals surface area (Å²) in [5.41, 5.74) is 0. The van der Waals surface area contributed by atoms with Crippen molar-refractivity contribution >= 4 is 0 Å². The number of likely N-dealkylation sites (N-methyl/N-ethyl adjacent to an activating group) is 1. The number of hydrogen-bond donors (Lipinski definition) is 0. The average molecular weight is 215 g/mol. The van der Waals surface area contributed by atoms with E-state index in [0.29, 0.717) is 0 Å². The van der Waals surface area contributed by atoms with Crippen molar-refractivity contribution in [3.05, 3.63) is 0 Å². The summed E-state index contributed by atoms with van der Waals surface area (Å²) in [7, 11) is 2.19. The molecule has 0 amide bonds. The second-order valence-electron chi connectivity index (χ2n) is 4.57. The standard InChI is InChI=1S/C13H29NO/c1-5-7-11-15-12-10-14(4)9-8-13(3)6-2/h13H,5-12H2,1-4H3. The molecule has 0 bridgehead atoms. The van der Waals surface area contributed by atoms with Crippen LogP contribution in [0.3, 0.4) is 0 Å². The predicted molar refractivity (Wildman–Crippen MR) is 67.3 cm³/mol. The van der Waals surface area contributed by atoms with Crippen molar-refractivity contribution in [2.45, 2.75) is 46.5 Å². The quantitative estimate of drug-likeness (QED) is 0.519. The fraction of sp³-hybridized carbons (Fsp3) is 1.00. The highest BCUT2D eigenvalue weighted by molar-refractivity contribution is 4.55. The SMILES string of the molecule is CCCCOCCN(C)CCC(C)CC. The highest BCUT2D eigenvalue weighted by Gasteiger charge is 2.02. The van der Waals surface area contributed by atoms with Crippen LogP contribution in [0.2, 0.25) is 0 Å². The van der Waals surface area contributed by atoms with Crippen molar-refractivity contribution in [2.75, 3.05) is 33.4 Å². The number of hydrogen-bond acceptors (Lipinski definition) is 2. The van der Waals surface area contributed by atoms with Crippen molar-refractivity contribution in [1.29, 1.82) is 0 Å². The van der Waals surface area contributed by atoms with Gasteiger partial charge < -0.3 is 9.64 Å². The monoisotopic (exact) mass is 215 g/mol. The first-order chi connectivity index (χ1) is 7.20. The first-order valence-electron chi connectivity index (χ1n) is 6.47. The molecule has 0 fully saturated rings. The molecule has 92 valence electrons. The topological polar surface area (TPSA) is 12.5 Å². The van der Waals surface area contributed by atoms with Gasteiger partial charge in [0.25, 0.3) is 0 Å². The minimum Gasteiger partial charge on any atom is -0.380 e. The van der Waals surface area contributed by atoms with E-state index in [9.17, 15) is 0 Å². The van der Waals surface area contributed by atoms with Gasteiger partial charge in [0, 0.05) is 13.2 Å². The van der Waals surface area contributed by atoms with E-state index in [1.807, 2.05) is 0 Å². The van der Waals surface area contributed by atoms with Crippen LogP contribution in [0.25, 0.3) is 0 Å². The fourth-order valence-electron chi connectivity index (χ4n) is 1.33. The lowest BCUT2D eigenvalue weighted by Gasteiger charge is -2.18. The molecule has 0 saturated carbocycles. The summed E-state index contributed by atoms with van der Waals surface area (Å²) in [5.74, 6) is 0.855. The molecular formula is C13H29NO. The van der Waals surface area contributed by atoms with Gasteiger partial charge in [0.2, 0.25) is 0 Å². The lowest BCUT2D eigenvalue weighted by atomic mass is 10.1. The molecule has 2 heteroatoms. The van der Waals surface area contributed by atoms with Gasteiger partial charge in [-0.2, -0.15) is 0 Å². The Balaban J connectivity index is 3.21. The van der Waals surface area contributed by atoms with Crippen LogP contribution in [-0.4, -0.2) is 38.3 Å². The number of rotatable bonds is 10. The van der Waals surface area contributed by atoms with Gasteiger partial charge in [-0.1, -0.05) is 33.6 Å². The van der Waals surface area contributed by atoms with Crippen molar-refractivity contribution in [1.82, 2.24) is 4.90 Å². The second kappa shape index (κ2) is 10.4. The first kappa shape index (κ1) is 14.9. The van der Waals surface area contributed by atoms with Gasteiger partial charge in [-0.3, -0.25) is 0 Å². The molecule has 1 atom stereocenters. The molecule has 0 aromatic carbocycles. The lowest BCUT2D eigenvalue weighted by molar-refractivity contribution is 0.108. The van der Waals surface area contributed by atoms with E-state index in [-0.39, 0.29) is 0 Å². The van der Waals surface area contributed by atoms with Crippen LogP contribution in [0.1, 0.15) is 46.5 Å². The van der Waals surface area contributed by atoms with Crippen molar-refractivity contribution < 1.29 is 4.74 Å². The molecule has 0 aliphatic carbocycles. The van der Waals surface area contributed by atoms with Crippen LogP contribution < -0.4 is 0 Å². The summed E-state index contributed by atoms with van der Waals surface area (Å²) in [6, 6.07) is 0. The summed E-state index contributed by atoms with van der Waals surface area (Å²) in [5, 5.41) is 0. The van der Waals surface area contributed by atoms with Crippen LogP contribution >= 0.6 is 0 Å². The largest absolute Gasteiger partial charge is 0.380 e. The average Bonchev–Trinajstić information content (AvgIpc) is 2.25. The summed E-state index contributed by atoms with van der Waals surface area (Å²) in [6.45, 7) is 10.9. The number of unbranched alkanes of at least 4 members (excludes halogenated alkanes) is 1. The Morgan fingerprint density at radius 3 is 2.47 bits per heavy atom. The highest BCUT2D eigenvalue weighted by atomic mass is 16.5. The minimum absolute atomic E-state index is 0.855. The van der Waals surface area contributed by atoms with Crippen molar-refractivity contribution in [3.63, 3.8) is 0 Å². The predicted octanol–water partition coefficient (Wildman–Crippen LogP) is 3.17. The van der Waals surface area contributed by atoms with E-state index in [1.165, 1.54) is 32.2 Å². The van der Waals surface area contributed by atoms with Gasteiger partial charge in [-0.05, 0) is 32.4 Å². The molecule has 0 heterocycles. The third-order valence-corrected chi connectivity index (χ3v) is 2.96. The van der Waals surface area contributed by atoms with Gasteiger partial charge in [-0.25, -0.2) is 0 Å². The van der Waals surface area contributed by atoms with Gasteiger partial charge in [-0.15, -0.1) is 0 Å². The molecule has 2 nitrogen and oxygen atoms in total. The Morgan fingerprint density at radius 2 is 1.87 bits per heavy atom. The molecule has 0 N–H and O–H groups in total. The third kappa shape index (κ3) is 10.2. The minimum atomic E-state index is 0.855. The maximum absolute atomic E-state index is 5.54. The molecule has 0 spiro atoms. The number of nitrogens with zero attached hydrogens (tertiary/aromatic N) is 1. The lowest BCUT2D eigenvalue weighted by Crippen LogP contribution is -2.25. The zero-order chi connectivity index (χ0) is 11.5. The Labute approximate surface area is 96.0 Å². The van der Waals surface area contributed by atoms with Crippen LogP contribution in [-0.2, 0) is 4.74 Å². The molecule has 0 radical (unpaired) electrons. The molecular weight excluding hydrogens is 186 g/mol. The van der Waals surface area contributed by atoms with E-state index >= 15 is 0 Å². The molecule has 0 aromatic rings. The van der Waals surface area contributed by atoms with Gasteiger partial charge in [0.1, 0.15) is 0 Å². The summed E-state index contributed by atoms with van der Waals surface area (Å²) in [4.78, 5) is 2.37. The molecule has 0 saturated heterocycles. The first-order valence-corrected chi connectivity index (χ1v) is 6.47. The van der Waals surface area contributed by atoms with E-state index in [4.69, 9.17) is 4.74 Å². The third-order valence-electron chi connectivity index (χ3n) is 2.96. The van der Waals surface area contributed by atoms with Crippen molar-refractivity contribution in [3.8, 4) is 0 Å². The summed E-state index contributed by atoms with van der Waals surface area (Å²) >= 11 is 0. The van der Waals surface area contributed by atoms with Crippen LogP contribution in [0.4, 0.5) is 0 Å². The Morgan fingerprint density at radius 1 is 1.13 bits per heavy atom. The van der Waals surface area contributed by atoms with E-state index in [2.05, 4.69) is 32.7 Å². The Bertz CT molecular complexity index is 128. The summed E-state index contributed by atoms with van der Waals surface area (Å²) < 4.78 is 5.54. The number of ether oxygens (including phenoxy) is 1. The van der Waals surface area contributed by atoms with Crippen LogP contribution in [0, 0.1) is 5.92 Å². The van der Waals surface area contributed by atoms with Crippen LogP contribution in [0.15, 0.2) is 0 Å². The van der Waals surface area contributed by atoms with Gasteiger partial charge in [0.05, 0.1) is 6.61 Å². The Hall–Kier alpha value is -0.0800. The van der Waals surface area contributed by atoms with E-state index in [0.717, 1.165) is 25.7 Å². The zero-order valence-corrected chi connectivity index (χ0v) is 11.1. The molecule has 0 aliphatic heterocycles. The molecule has 15 heavy (non-hydrogen) atoms. The highest BCUT2D eigenvalue weighted by Crippen LogP contribution is 2.06. The summed E-state index contributed by atoms with van der Waals surface area (Å²) in [6.07, 6.45) is 5.02. The zero-order valence-electron chi connectivity index (χ0n) is 11.1. The van der Waals surface area contributed by atoms with E-state index < -0.39 is 0 Å². The maximum Gasteiger partial charge on any atom is 0.0593 e. The van der Waals surface area contributed by atoms with Crippen LogP contribution in [0.5, 0.6) is 0 Å². The molecule has 0 aliphatic rings. The van der Waals surface area contributed by atoms with Gasteiger partial charge >= 0.3 is 0 Å². The second-order valence-corrected chi connectivity index (χ2v) is 4.57. The maximum atomic E-state index is 5.54. The molecule has 0 aromatic heterocycles. The molecule has 0 rings (SSSR count). The van der Waals surface area contributed by atoms with E-state index in [1.54, 1.807) is 0 Å². The normalized spacial score (nSPS) is 13.4. The van der Waals surface area contributed by atoms with Crippen molar-refractivity contribution in [2.24, 2.45) is 5.92 Å². The Kier molecular flexibility index (Phi) is 10.4. The van der Waals surface area contributed by atoms with Gasteiger partial charge in [0.15, 0.2) is 0 Å². The smallest absolute Gasteiger partial charge is 0.0593 e. The molecule has 1 unspecified atom stereocenters. The fourth-order valence-corrected chi connectivity index (χ4v) is 1.33.